The molecule has 0 saturated heterocycles. The van der Waals surface area contributed by atoms with E-state index in [2.05, 4.69) is 10.6 Å². The van der Waals surface area contributed by atoms with E-state index in [0.29, 0.717) is 24.6 Å². The molecule has 4 nitrogen and oxygen atoms in total. The summed E-state index contributed by atoms with van der Waals surface area (Å²) in [5, 5.41) is 6.06. The Morgan fingerprint density at radius 3 is 2.50 bits per heavy atom. The number of benzene rings is 1. The van der Waals surface area contributed by atoms with Gasteiger partial charge in [0, 0.05) is 12.0 Å². The third-order valence-electron chi connectivity index (χ3n) is 2.30. The van der Waals surface area contributed by atoms with Gasteiger partial charge in [0.25, 0.3) is 0 Å². The number of nitrogens with one attached hydrogen (secondary N) is 2. The first kappa shape index (κ1) is 16.4. The number of carbonyl (C=O) groups is 1. The molecule has 0 atom stereocenters. The molecule has 0 unspecified atom stereocenters. The summed E-state index contributed by atoms with van der Waals surface area (Å²) < 4.78 is 5.51. The average molecular weight is 294 g/mol. The Bertz CT molecular complexity index is 441. The van der Waals surface area contributed by atoms with Crippen LogP contribution in [0.15, 0.2) is 30.3 Å². The van der Waals surface area contributed by atoms with Gasteiger partial charge in [-0.25, -0.2) is 0 Å². The summed E-state index contributed by atoms with van der Waals surface area (Å²) in [6.07, 6.45) is 1.04. The standard InChI is InChI=1S/C15H22N2O2S/c1-15(2,3)17-14(20)16-13(18)10-7-11-19-12-8-5-4-6-9-12/h4-6,8-9H,7,10-11H2,1-3H3,(H2,16,17,18,20). The lowest BCUT2D eigenvalue weighted by Crippen LogP contribution is -2.48. The van der Waals surface area contributed by atoms with E-state index < -0.39 is 0 Å². The second kappa shape index (κ2) is 7.85. The zero-order valence-corrected chi connectivity index (χ0v) is 13.0. The van der Waals surface area contributed by atoms with Crippen molar-refractivity contribution in [2.45, 2.75) is 39.2 Å². The number of hydrogen-bond donors (Lipinski definition) is 2. The molecule has 2 N–H and O–H groups in total. The first-order valence-electron chi connectivity index (χ1n) is 6.67. The number of para-hydroxylation sites is 1. The molecule has 0 aromatic heterocycles. The van der Waals surface area contributed by atoms with Crippen molar-refractivity contribution in [3.05, 3.63) is 30.3 Å². The molecule has 1 amide bonds. The van der Waals surface area contributed by atoms with Crippen LogP contribution in [0.5, 0.6) is 5.75 Å². The summed E-state index contributed by atoms with van der Waals surface area (Å²) in [7, 11) is 0. The van der Waals surface area contributed by atoms with Gasteiger partial charge in [-0.1, -0.05) is 18.2 Å². The van der Waals surface area contributed by atoms with Crippen molar-refractivity contribution in [3.8, 4) is 5.75 Å². The molecule has 1 aromatic carbocycles. The fraction of sp³-hybridized carbons (Fsp3) is 0.467. The van der Waals surface area contributed by atoms with Crippen LogP contribution in [-0.4, -0.2) is 23.2 Å². The molecule has 0 radical (unpaired) electrons. The van der Waals surface area contributed by atoms with Crippen molar-refractivity contribution in [1.29, 1.82) is 0 Å². The maximum absolute atomic E-state index is 11.7. The van der Waals surface area contributed by atoms with E-state index in [0.717, 1.165) is 5.75 Å². The van der Waals surface area contributed by atoms with Crippen LogP contribution in [0.25, 0.3) is 0 Å². The number of rotatable bonds is 5. The molecule has 0 aliphatic rings. The van der Waals surface area contributed by atoms with Crippen molar-refractivity contribution in [3.63, 3.8) is 0 Å². The van der Waals surface area contributed by atoms with Gasteiger partial charge in [0.1, 0.15) is 5.75 Å². The monoisotopic (exact) mass is 294 g/mol. The highest BCUT2D eigenvalue weighted by atomic mass is 32.1. The molecule has 1 aromatic rings. The molecule has 0 heterocycles. The van der Waals surface area contributed by atoms with Crippen molar-refractivity contribution in [1.82, 2.24) is 10.6 Å². The molecule has 0 fully saturated rings. The van der Waals surface area contributed by atoms with Crippen LogP contribution in [0.1, 0.15) is 33.6 Å². The van der Waals surface area contributed by atoms with Crippen LogP contribution < -0.4 is 15.4 Å². The van der Waals surface area contributed by atoms with Crippen LogP contribution in [0, 0.1) is 0 Å². The van der Waals surface area contributed by atoms with Gasteiger partial charge < -0.3 is 15.4 Å². The summed E-state index contributed by atoms with van der Waals surface area (Å²) in [6.45, 7) is 6.47. The van der Waals surface area contributed by atoms with Crippen LogP contribution in [0.3, 0.4) is 0 Å². The van der Waals surface area contributed by atoms with Gasteiger partial charge in [-0.3, -0.25) is 4.79 Å². The highest BCUT2D eigenvalue weighted by molar-refractivity contribution is 7.80. The molecule has 0 aliphatic heterocycles. The SMILES string of the molecule is CC(C)(C)NC(=S)NC(=O)CCCOc1ccccc1. The first-order chi connectivity index (χ1) is 9.37. The third kappa shape index (κ3) is 7.74. The van der Waals surface area contributed by atoms with Crippen LogP contribution in [0.2, 0.25) is 0 Å². The van der Waals surface area contributed by atoms with Crippen molar-refractivity contribution in [2.75, 3.05) is 6.61 Å². The smallest absolute Gasteiger partial charge is 0.226 e. The average Bonchev–Trinajstić information content (AvgIpc) is 2.33. The lowest BCUT2D eigenvalue weighted by atomic mass is 10.1. The lowest BCUT2D eigenvalue weighted by molar-refractivity contribution is -0.119. The summed E-state index contributed by atoms with van der Waals surface area (Å²) in [4.78, 5) is 11.7. The fourth-order valence-electron chi connectivity index (χ4n) is 1.50. The molecule has 0 bridgehead atoms. The molecule has 1 rings (SSSR count). The fourth-order valence-corrected chi connectivity index (χ4v) is 1.92. The van der Waals surface area contributed by atoms with Gasteiger partial charge in [0.05, 0.1) is 6.61 Å². The van der Waals surface area contributed by atoms with Crippen molar-refractivity contribution in [2.24, 2.45) is 0 Å². The quantitative estimate of drug-likeness (QED) is 0.647. The van der Waals surface area contributed by atoms with E-state index in [1.165, 1.54) is 0 Å². The predicted molar refractivity (Wildman–Crippen MR) is 84.8 cm³/mol. The van der Waals surface area contributed by atoms with Gasteiger partial charge in [-0.15, -0.1) is 0 Å². The van der Waals surface area contributed by atoms with Gasteiger partial charge in [-0.05, 0) is 51.5 Å². The highest BCUT2D eigenvalue weighted by Gasteiger charge is 2.12. The summed E-state index contributed by atoms with van der Waals surface area (Å²) in [5.74, 6) is 0.723. The zero-order chi connectivity index (χ0) is 15.0. The number of thiocarbonyl (C=S) groups is 1. The van der Waals surface area contributed by atoms with Crippen LogP contribution in [-0.2, 0) is 4.79 Å². The van der Waals surface area contributed by atoms with Crippen LogP contribution >= 0.6 is 12.2 Å². The number of hydrogen-bond acceptors (Lipinski definition) is 3. The van der Waals surface area contributed by atoms with E-state index in [4.69, 9.17) is 17.0 Å². The molecule has 0 spiro atoms. The van der Waals surface area contributed by atoms with E-state index in [1.807, 2.05) is 51.1 Å². The van der Waals surface area contributed by atoms with Crippen LogP contribution in [0.4, 0.5) is 0 Å². The third-order valence-corrected chi connectivity index (χ3v) is 2.51. The minimum Gasteiger partial charge on any atom is -0.494 e. The van der Waals surface area contributed by atoms with Gasteiger partial charge in [0.2, 0.25) is 5.91 Å². The normalized spacial score (nSPS) is 10.8. The Morgan fingerprint density at radius 1 is 1.25 bits per heavy atom. The number of amides is 1. The van der Waals surface area contributed by atoms with E-state index in [1.54, 1.807) is 0 Å². The Kier molecular flexibility index (Phi) is 6.45. The molecule has 5 heteroatoms. The maximum Gasteiger partial charge on any atom is 0.226 e. The molecule has 0 aliphatic carbocycles. The first-order valence-corrected chi connectivity index (χ1v) is 7.07. The van der Waals surface area contributed by atoms with E-state index in [-0.39, 0.29) is 11.4 Å². The Labute approximate surface area is 125 Å². The summed E-state index contributed by atoms with van der Waals surface area (Å²) >= 11 is 5.06. The minimum atomic E-state index is -0.152. The zero-order valence-electron chi connectivity index (χ0n) is 12.2. The number of ether oxygens (including phenoxy) is 1. The van der Waals surface area contributed by atoms with Crippen molar-refractivity contribution < 1.29 is 9.53 Å². The topological polar surface area (TPSA) is 50.4 Å². The Hall–Kier alpha value is -1.62. The highest BCUT2D eigenvalue weighted by Crippen LogP contribution is 2.08. The Morgan fingerprint density at radius 2 is 1.90 bits per heavy atom. The molecular weight excluding hydrogens is 272 g/mol. The molecule has 0 saturated carbocycles. The van der Waals surface area contributed by atoms with Crippen molar-refractivity contribution >= 4 is 23.2 Å². The lowest BCUT2D eigenvalue weighted by Gasteiger charge is -2.22. The van der Waals surface area contributed by atoms with E-state index in [9.17, 15) is 4.79 Å². The van der Waals surface area contributed by atoms with E-state index >= 15 is 0 Å². The number of carbonyl (C=O) groups excluding carboxylic acids is 1. The molecule has 20 heavy (non-hydrogen) atoms. The predicted octanol–water partition coefficient (Wildman–Crippen LogP) is 2.63. The Balaban J connectivity index is 2.16. The summed E-state index contributed by atoms with van der Waals surface area (Å²) in [6, 6.07) is 9.55. The molecular formula is C15H22N2O2S. The largest absolute Gasteiger partial charge is 0.494 e. The minimum absolute atomic E-state index is 0.0941. The van der Waals surface area contributed by atoms with Gasteiger partial charge >= 0.3 is 0 Å². The second-order valence-corrected chi connectivity index (χ2v) is 5.93. The second-order valence-electron chi connectivity index (χ2n) is 5.52. The van der Waals surface area contributed by atoms with Gasteiger partial charge in [-0.2, -0.15) is 0 Å². The molecule has 110 valence electrons. The van der Waals surface area contributed by atoms with Gasteiger partial charge in [0.15, 0.2) is 5.11 Å². The summed E-state index contributed by atoms with van der Waals surface area (Å²) in [5.41, 5.74) is -0.152. The maximum atomic E-state index is 11.7.